The van der Waals surface area contributed by atoms with E-state index in [2.05, 4.69) is 28.1 Å². The number of ether oxygens (including phenoxy) is 2. The van der Waals surface area contributed by atoms with Crippen LogP contribution in [0.3, 0.4) is 0 Å². The Balaban J connectivity index is 1.48. The normalized spacial score (nSPS) is 21.0. The lowest BCUT2D eigenvalue weighted by Gasteiger charge is -2.35. The van der Waals surface area contributed by atoms with Crippen LogP contribution in [0.4, 0.5) is 0 Å². The fourth-order valence-electron chi connectivity index (χ4n) is 4.13. The second kappa shape index (κ2) is 9.94. The third-order valence-corrected chi connectivity index (χ3v) is 6.20. The fraction of sp³-hybridized carbons (Fsp3) is 0.269. The van der Waals surface area contributed by atoms with Crippen molar-refractivity contribution in [3.8, 4) is 5.75 Å². The standard InChI is InChI=1S/C26H25BrO3/c27-21-13-11-20(12-14-21)25-17-23(30-22-9-5-2-6-10-22)15-16-24(25)26(28)29-18-19-7-3-1-4-8-19/h1-14,23-25H,15-18H2. The van der Waals surface area contributed by atoms with Gasteiger partial charge < -0.3 is 9.47 Å². The first-order valence-electron chi connectivity index (χ1n) is 10.4. The highest BCUT2D eigenvalue weighted by molar-refractivity contribution is 9.10. The molecule has 154 valence electrons. The summed E-state index contributed by atoms with van der Waals surface area (Å²) in [5.41, 5.74) is 2.16. The Labute approximate surface area is 186 Å². The van der Waals surface area contributed by atoms with Crippen LogP contribution in [0.5, 0.6) is 5.75 Å². The molecule has 1 fully saturated rings. The largest absolute Gasteiger partial charge is 0.490 e. The minimum absolute atomic E-state index is 0.0730. The average Bonchev–Trinajstić information content (AvgIpc) is 2.79. The zero-order chi connectivity index (χ0) is 20.8. The SMILES string of the molecule is O=C(OCc1ccccc1)C1CCC(Oc2ccccc2)CC1c1ccc(Br)cc1. The third kappa shape index (κ3) is 5.31. The monoisotopic (exact) mass is 464 g/mol. The minimum atomic E-state index is -0.162. The van der Waals surface area contributed by atoms with Crippen LogP contribution >= 0.6 is 15.9 Å². The molecule has 1 aliphatic rings. The van der Waals surface area contributed by atoms with Gasteiger partial charge in [0.1, 0.15) is 12.4 Å². The van der Waals surface area contributed by atoms with Gasteiger partial charge in [-0.1, -0.05) is 76.6 Å². The Morgan fingerprint density at radius 3 is 2.23 bits per heavy atom. The Hall–Kier alpha value is -2.59. The topological polar surface area (TPSA) is 35.5 Å². The fourth-order valence-corrected chi connectivity index (χ4v) is 4.39. The summed E-state index contributed by atoms with van der Waals surface area (Å²) in [4.78, 5) is 13.0. The lowest BCUT2D eigenvalue weighted by atomic mass is 9.74. The van der Waals surface area contributed by atoms with E-state index in [1.807, 2.05) is 72.8 Å². The Morgan fingerprint density at radius 1 is 0.867 bits per heavy atom. The quantitative estimate of drug-likeness (QED) is 0.389. The number of esters is 1. The van der Waals surface area contributed by atoms with Gasteiger partial charge in [-0.2, -0.15) is 0 Å². The Morgan fingerprint density at radius 2 is 1.53 bits per heavy atom. The highest BCUT2D eigenvalue weighted by Gasteiger charge is 2.37. The Kier molecular flexibility index (Phi) is 6.85. The van der Waals surface area contributed by atoms with Gasteiger partial charge >= 0.3 is 5.97 Å². The van der Waals surface area contributed by atoms with Gasteiger partial charge in [-0.05, 0) is 54.7 Å². The molecule has 0 heterocycles. The van der Waals surface area contributed by atoms with Gasteiger partial charge in [0, 0.05) is 10.4 Å². The van der Waals surface area contributed by atoms with E-state index in [9.17, 15) is 4.79 Å². The molecular weight excluding hydrogens is 440 g/mol. The van der Waals surface area contributed by atoms with E-state index in [-0.39, 0.29) is 23.9 Å². The number of hydrogen-bond donors (Lipinski definition) is 0. The zero-order valence-corrected chi connectivity index (χ0v) is 18.3. The molecule has 4 rings (SSSR count). The van der Waals surface area contributed by atoms with E-state index in [1.165, 1.54) is 0 Å². The van der Waals surface area contributed by atoms with Crippen molar-refractivity contribution in [3.63, 3.8) is 0 Å². The molecule has 0 radical (unpaired) electrons. The van der Waals surface area contributed by atoms with Crippen molar-refractivity contribution in [2.24, 2.45) is 5.92 Å². The van der Waals surface area contributed by atoms with Crippen molar-refractivity contribution in [1.29, 1.82) is 0 Å². The number of carbonyl (C=O) groups is 1. The van der Waals surface area contributed by atoms with Crippen LogP contribution in [-0.2, 0) is 16.1 Å². The van der Waals surface area contributed by atoms with Crippen molar-refractivity contribution in [1.82, 2.24) is 0 Å². The van der Waals surface area contributed by atoms with Crippen LogP contribution in [0.25, 0.3) is 0 Å². The van der Waals surface area contributed by atoms with Crippen LogP contribution in [0.1, 0.15) is 36.3 Å². The molecule has 3 atom stereocenters. The lowest BCUT2D eigenvalue weighted by molar-refractivity contribution is -0.152. The summed E-state index contributed by atoms with van der Waals surface area (Å²) < 4.78 is 13.0. The first-order valence-corrected chi connectivity index (χ1v) is 11.2. The molecule has 0 bridgehead atoms. The molecule has 0 N–H and O–H groups in total. The second-order valence-corrected chi connectivity index (χ2v) is 8.64. The van der Waals surface area contributed by atoms with E-state index in [0.29, 0.717) is 6.61 Å². The maximum absolute atomic E-state index is 13.0. The minimum Gasteiger partial charge on any atom is -0.490 e. The second-order valence-electron chi connectivity index (χ2n) is 7.72. The van der Waals surface area contributed by atoms with Crippen LogP contribution in [-0.4, -0.2) is 12.1 Å². The number of carbonyl (C=O) groups excluding carboxylic acids is 1. The van der Waals surface area contributed by atoms with E-state index < -0.39 is 0 Å². The summed E-state index contributed by atoms with van der Waals surface area (Å²) in [6, 6.07) is 28.0. The van der Waals surface area contributed by atoms with Gasteiger partial charge in [0.05, 0.1) is 12.0 Å². The van der Waals surface area contributed by atoms with Crippen molar-refractivity contribution in [2.75, 3.05) is 0 Å². The van der Waals surface area contributed by atoms with Crippen LogP contribution in [0.2, 0.25) is 0 Å². The van der Waals surface area contributed by atoms with E-state index in [4.69, 9.17) is 9.47 Å². The number of hydrogen-bond acceptors (Lipinski definition) is 3. The molecule has 30 heavy (non-hydrogen) atoms. The smallest absolute Gasteiger partial charge is 0.309 e. The highest BCUT2D eigenvalue weighted by Crippen LogP contribution is 2.40. The first kappa shape index (κ1) is 20.7. The van der Waals surface area contributed by atoms with Gasteiger partial charge in [-0.3, -0.25) is 4.79 Å². The third-order valence-electron chi connectivity index (χ3n) is 5.67. The molecule has 4 heteroatoms. The molecule has 3 unspecified atom stereocenters. The molecule has 1 saturated carbocycles. The summed E-state index contributed by atoms with van der Waals surface area (Å²) in [6.45, 7) is 0.313. The maximum Gasteiger partial charge on any atom is 0.309 e. The Bertz CT molecular complexity index is 941. The lowest BCUT2D eigenvalue weighted by Crippen LogP contribution is -2.35. The average molecular weight is 465 g/mol. The molecular formula is C26H25BrO3. The van der Waals surface area contributed by atoms with Crippen molar-refractivity contribution >= 4 is 21.9 Å². The summed E-state index contributed by atoms with van der Waals surface area (Å²) in [6.07, 6.45) is 2.47. The van der Waals surface area contributed by atoms with E-state index >= 15 is 0 Å². The maximum atomic E-state index is 13.0. The van der Waals surface area contributed by atoms with Crippen LogP contribution < -0.4 is 4.74 Å². The van der Waals surface area contributed by atoms with Crippen LogP contribution in [0, 0.1) is 5.92 Å². The van der Waals surface area contributed by atoms with Crippen LogP contribution in [0.15, 0.2) is 89.4 Å². The van der Waals surface area contributed by atoms with Gasteiger partial charge in [-0.25, -0.2) is 0 Å². The van der Waals surface area contributed by atoms with E-state index in [0.717, 1.165) is 40.6 Å². The molecule has 0 aliphatic heterocycles. The van der Waals surface area contributed by atoms with Gasteiger partial charge in [0.15, 0.2) is 0 Å². The summed E-state index contributed by atoms with van der Waals surface area (Å²) in [5, 5.41) is 0. The molecule has 3 aromatic rings. The zero-order valence-electron chi connectivity index (χ0n) is 16.7. The number of para-hydroxylation sites is 1. The summed E-state index contributed by atoms with van der Waals surface area (Å²) in [5.74, 6) is 0.668. The molecule has 0 spiro atoms. The predicted molar refractivity (Wildman–Crippen MR) is 121 cm³/mol. The molecule has 3 nitrogen and oxygen atoms in total. The molecule has 0 amide bonds. The highest BCUT2D eigenvalue weighted by atomic mass is 79.9. The molecule has 0 aromatic heterocycles. The predicted octanol–water partition coefficient (Wildman–Crippen LogP) is 6.52. The molecule has 3 aromatic carbocycles. The number of halogens is 1. The molecule has 0 saturated heterocycles. The summed E-state index contributed by atoms with van der Waals surface area (Å²) >= 11 is 3.50. The first-order chi connectivity index (χ1) is 14.7. The number of rotatable bonds is 6. The van der Waals surface area contributed by atoms with Gasteiger partial charge in [-0.15, -0.1) is 0 Å². The van der Waals surface area contributed by atoms with Gasteiger partial charge in [0.2, 0.25) is 0 Å². The van der Waals surface area contributed by atoms with Crippen molar-refractivity contribution in [3.05, 3.63) is 101 Å². The number of benzene rings is 3. The molecule has 1 aliphatic carbocycles. The van der Waals surface area contributed by atoms with Crippen molar-refractivity contribution < 1.29 is 14.3 Å². The van der Waals surface area contributed by atoms with Crippen molar-refractivity contribution in [2.45, 2.75) is 37.9 Å². The summed E-state index contributed by atoms with van der Waals surface area (Å²) in [7, 11) is 0. The van der Waals surface area contributed by atoms with Gasteiger partial charge in [0.25, 0.3) is 0 Å². The van der Waals surface area contributed by atoms with E-state index in [1.54, 1.807) is 0 Å².